The molecule has 0 spiro atoms. The first-order chi connectivity index (χ1) is 17.7. The predicted molar refractivity (Wildman–Crippen MR) is 144 cm³/mol. The summed E-state index contributed by atoms with van der Waals surface area (Å²) in [6.45, 7) is 7.77. The van der Waals surface area contributed by atoms with Gasteiger partial charge in [0, 0.05) is 17.8 Å². The Labute approximate surface area is 228 Å². The minimum Gasteiger partial charge on any atom is -0.459 e. The summed E-state index contributed by atoms with van der Waals surface area (Å²) in [5, 5.41) is 15.0. The molecule has 2 aromatic carbocycles. The number of allylic oxidation sites excluding steroid dienone is 1. The van der Waals surface area contributed by atoms with Crippen molar-refractivity contribution >= 4 is 58.4 Å². The summed E-state index contributed by atoms with van der Waals surface area (Å²) in [5.41, 5.74) is 1.18. The molecule has 0 aliphatic rings. The SMILES string of the molecule is C=CCn1c(CNC(=O)c2ccc(Cl)c(Cl)c2)nnc1SCC(=O)Nc1cccc(C(=O)OC(C)C)c1. The topological polar surface area (TPSA) is 115 Å². The fourth-order valence-electron chi connectivity index (χ4n) is 3.10. The van der Waals surface area contributed by atoms with Crippen LogP contribution in [-0.4, -0.2) is 44.4 Å². The van der Waals surface area contributed by atoms with Crippen molar-refractivity contribution in [1.29, 1.82) is 0 Å². The first kappa shape index (κ1) is 28.2. The minimum atomic E-state index is -0.461. The van der Waals surface area contributed by atoms with Gasteiger partial charge < -0.3 is 19.9 Å². The van der Waals surface area contributed by atoms with E-state index in [0.717, 1.165) is 0 Å². The van der Waals surface area contributed by atoms with Crippen molar-refractivity contribution in [1.82, 2.24) is 20.1 Å². The Morgan fingerprint density at radius 2 is 1.89 bits per heavy atom. The monoisotopic (exact) mass is 561 g/mol. The average molecular weight is 562 g/mol. The molecule has 3 rings (SSSR count). The Bertz CT molecular complexity index is 1310. The summed E-state index contributed by atoms with van der Waals surface area (Å²) >= 11 is 13.1. The van der Waals surface area contributed by atoms with E-state index in [4.69, 9.17) is 27.9 Å². The third kappa shape index (κ3) is 8.08. The molecule has 3 aromatic rings. The highest BCUT2D eigenvalue weighted by atomic mass is 35.5. The summed E-state index contributed by atoms with van der Waals surface area (Å²) in [6, 6.07) is 11.1. The van der Waals surface area contributed by atoms with Crippen LogP contribution < -0.4 is 10.6 Å². The summed E-state index contributed by atoms with van der Waals surface area (Å²) in [5.74, 6) is -0.558. The molecule has 2 amide bonds. The van der Waals surface area contributed by atoms with Crippen molar-refractivity contribution in [2.75, 3.05) is 11.1 Å². The van der Waals surface area contributed by atoms with E-state index < -0.39 is 5.97 Å². The van der Waals surface area contributed by atoms with Gasteiger partial charge in [0.05, 0.1) is 34.0 Å². The van der Waals surface area contributed by atoms with Crippen LogP contribution in [0.25, 0.3) is 0 Å². The fraction of sp³-hybridized carbons (Fsp3) is 0.240. The number of nitrogens with one attached hydrogen (secondary N) is 2. The number of amides is 2. The zero-order valence-electron chi connectivity index (χ0n) is 20.2. The molecular weight excluding hydrogens is 537 g/mol. The largest absolute Gasteiger partial charge is 0.459 e. The number of ether oxygens (including phenoxy) is 1. The highest BCUT2D eigenvalue weighted by Gasteiger charge is 2.16. The zero-order chi connectivity index (χ0) is 26.9. The fourth-order valence-corrected chi connectivity index (χ4v) is 4.17. The highest BCUT2D eigenvalue weighted by Crippen LogP contribution is 2.23. The first-order valence-corrected chi connectivity index (χ1v) is 12.9. The maximum atomic E-state index is 12.5. The number of aromatic nitrogens is 3. The summed E-state index contributed by atoms with van der Waals surface area (Å²) in [4.78, 5) is 37.1. The van der Waals surface area contributed by atoms with Gasteiger partial charge in [-0.1, -0.05) is 47.1 Å². The molecule has 1 heterocycles. The number of carbonyl (C=O) groups excluding carboxylic acids is 3. The van der Waals surface area contributed by atoms with Crippen molar-refractivity contribution in [3.8, 4) is 0 Å². The van der Waals surface area contributed by atoms with Gasteiger partial charge in [0.15, 0.2) is 11.0 Å². The molecule has 12 heteroatoms. The van der Waals surface area contributed by atoms with Crippen molar-refractivity contribution in [3.05, 3.63) is 82.1 Å². The molecule has 9 nitrogen and oxygen atoms in total. The molecule has 0 saturated carbocycles. The van der Waals surface area contributed by atoms with E-state index in [-0.39, 0.29) is 35.2 Å². The van der Waals surface area contributed by atoms with Crippen LogP contribution in [0.4, 0.5) is 5.69 Å². The number of thioether (sulfide) groups is 1. The number of nitrogens with zero attached hydrogens (tertiary/aromatic N) is 3. The second kappa shape index (κ2) is 13.3. The molecule has 0 fully saturated rings. The highest BCUT2D eigenvalue weighted by molar-refractivity contribution is 7.99. The number of carbonyl (C=O) groups is 3. The maximum absolute atomic E-state index is 12.5. The second-order valence-corrected chi connectivity index (χ2v) is 9.74. The van der Waals surface area contributed by atoms with Gasteiger partial charge in [0.1, 0.15) is 0 Å². The molecule has 2 N–H and O–H groups in total. The lowest BCUT2D eigenvalue weighted by molar-refractivity contribution is -0.113. The Balaban J connectivity index is 1.60. The standard InChI is InChI=1S/C25H25Cl2N5O4S/c1-4-10-32-21(13-28-23(34)16-8-9-19(26)20(27)12-16)30-31-25(32)37-14-22(33)29-18-7-5-6-17(11-18)24(35)36-15(2)3/h4-9,11-12,15H,1,10,13-14H2,2-3H3,(H,28,34)(H,29,33). The molecule has 37 heavy (non-hydrogen) atoms. The van der Waals surface area contributed by atoms with Crippen LogP contribution in [0, 0.1) is 0 Å². The van der Waals surface area contributed by atoms with Gasteiger partial charge in [-0.25, -0.2) is 4.79 Å². The third-order valence-electron chi connectivity index (χ3n) is 4.75. The second-order valence-electron chi connectivity index (χ2n) is 7.98. The zero-order valence-corrected chi connectivity index (χ0v) is 22.5. The van der Waals surface area contributed by atoms with E-state index >= 15 is 0 Å². The van der Waals surface area contributed by atoms with Crippen molar-refractivity contribution in [2.45, 2.75) is 38.2 Å². The molecule has 0 saturated heterocycles. The number of halogens is 2. The summed E-state index contributed by atoms with van der Waals surface area (Å²) in [7, 11) is 0. The van der Waals surface area contributed by atoms with E-state index in [1.165, 1.54) is 17.8 Å². The van der Waals surface area contributed by atoms with Crippen molar-refractivity contribution in [2.24, 2.45) is 0 Å². The number of hydrogen-bond acceptors (Lipinski definition) is 7. The van der Waals surface area contributed by atoms with Crippen LogP contribution in [0.5, 0.6) is 0 Å². The Hall–Kier alpha value is -3.34. The summed E-state index contributed by atoms with van der Waals surface area (Å²) < 4.78 is 6.94. The Morgan fingerprint density at radius 3 is 2.59 bits per heavy atom. The predicted octanol–water partition coefficient (Wildman–Crippen LogP) is 5.00. The molecule has 194 valence electrons. The Kier molecular flexibility index (Phi) is 10.1. The lowest BCUT2D eigenvalue weighted by Gasteiger charge is -2.10. The van der Waals surface area contributed by atoms with E-state index in [1.54, 1.807) is 60.9 Å². The van der Waals surface area contributed by atoms with E-state index in [1.807, 2.05) is 0 Å². The normalized spacial score (nSPS) is 10.7. The number of rotatable bonds is 11. The molecule has 0 aliphatic heterocycles. The lowest BCUT2D eigenvalue weighted by atomic mass is 10.2. The first-order valence-electron chi connectivity index (χ1n) is 11.2. The van der Waals surface area contributed by atoms with E-state index in [2.05, 4.69) is 27.4 Å². The van der Waals surface area contributed by atoms with Crippen LogP contribution in [0.15, 0.2) is 60.3 Å². The van der Waals surface area contributed by atoms with Gasteiger partial charge in [0.2, 0.25) is 5.91 Å². The molecule has 0 radical (unpaired) electrons. The van der Waals surface area contributed by atoms with Crippen LogP contribution in [-0.2, 0) is 22.6 Å². The quantitative estimate of drug-likeness (QED) is 0.192. The summed E-state index contributed by atoms with van der Waals surface area (Å²) in [6.07, 6.45) is 1.42. The van der Waals surface area contributed by atoms with Gasteiger partial charge in [-0.3, -0.25) is 9.59 Å². The molecule has 0 aliphatic carbocycles. The van der Waals surface area contributed by atoms with Crippen LogP contribution in [0.1, 0.15) is 40.4 Å². The van der Waals surface area contributed by atoms with Crippen LogP contribution in [0.2, 0.25) is 10.0 Å². The number of hydrogen-bond donors (Lipinski definition) is 2. The molecule has 0 atom stereocenters. The smallest absolute Gasteiger partial charge is 0.338 e. The lowest BCUT2D eigenvalue weighted by Crippen LogP contribution is -2.25. The molecular formula is C25H25Cl2N5O4S. The van der Waals surface area contributed by atoms with E-state index in [9.17, 15) is 14.4 Å². The molecule has 0 bridgehead atoms. The third-order valence-corrected chi connectivity index (χ3v) is 6.46. The number of anilines is 1. The van der Waals surface area contributed by atoms with Gasteiger partial charge in [-0.05, 0) is 50.2 Å². The van der Waals surface area contributed by atoms with Gasteiger partial charge in [0.25, 0.3) is 5.91 Å². The maximum Gasteiger partial charge on any atom is 0.338 e. The number of benzene rings is 2. The average Bonchev–Trinajstić information content (AvgIpc) is 3.24. The van der Waals surface area contributed by atoms with E-state index in [0.29, 0.717) is 39.4 Å². The van der Waals surface area contributed by atoms with Crippen LogP contribution >= 0.6 is 35.0 Å². The van der Waals surface area contributed by atoms with Crippen molar-refractivity contribution < 1.29 is 19.1 Å². The van der Waals surface area contributed by atoms with Crippen LogP contribution in [0.3, 0.4) is 0 Å². The van der Waals surface area contributed by atoms with Gasteiger partial charge in [-0.15, -0.1) is 16.8 Å². The number of esters is 1. The van der Waals surface area contributed by atoms with Gasteiger partial charge in [-0.2, -0.15) is 0 Å². The molecule has 0 unspecified atom stereocenters. The Morgan fingerprint density at radius 1 is 1.11 bits per heavy atom. The van der Waals surface area contributed by atoms with Gasteiger partial charge >= 0.3 is 5.97 Å². The minimum absolute atomic E-state index is 0.0472. The molecule has 1 aromatic heterocycles. The van der Waals surface area contributed by atoms with Crippen molar-refractivity contribution in [3.63, 3.8) is 0 Å².